The Labute approximate surface area is 111 Å². The fraction of sp³-hybridized carbons (Fsp3) is 0.250. The van der Waals surface area contributed by atoms with Crippen molar-refractivity contribution in [1.29, 1.82) is 0 Å². The van der Waals surface area contributed by atoms with E-state index >= 15 is 0 Å². The minimum atomic E-state index is -0.703. The molecule has 0 saturated carbocycles. The second-order valence-corrected chi connectivity index (χ2v) is 5.56. The average Bonchev–Trinajstić information content (AvgIpc) is 2.70. The van der Waals surface area contributed by atoms with Gasteiger partial charge in [0.1, 0.15) is 5.82 Å². The number of hydrogen-bond donors (Lipinski definition) is 1. The number of aromatic nitrogens is 1. The third-order valence-electron chi connectivity index (χ3n) is 2.51. The molecule has 0 fully saturated rings. The maximum Gasteiger partial charge on any atom is 0.126 e. The van der Waals surface area contributed by atoms with Crippen molar-refractivity contribution >= 4 is 27.3 Å². The lowest BCUT2D eigenvalue weighted by Gasteiger charge is -2.10. The molecule has 17 heavy (non-hydrogen) atoms. The van der Waals surface area contributed by atoms with Crippen LogP contribution in [0.4, 0.5) is 4.39 Å². The van der Waals surface area contributed by atoms with Crippen LogP contribution in [0, 0.1) is 12.7 Å². The van der Waals surface area contributed by atoms with E-state index in [2.05, 4.69) is 20.9 Å². The third-order valence-corrected chi connectivity index (χ3v) is 4.03. The zero-order chi connectivity index (χ0) is 12.4. The van der Waals surface area contributed by atoms with E-state index in [1.165, 1.54) is 17.4 Å². The van der Waals surface area contributed by atoms with Crippen LogP contribution in [0.25, 0.3) is 0 Å². The summed E-state index contributed by atoms with van der Waals surface area (Å²) >= 11 is 4.68. The van der Waals surface area contributed by atoms with Crippen molar-refractivity contribution in [1.82, 2.24) is 4.98 Å². The molecule has 1 heterocycles. The van der Waals surface area contributed by atoms with Gasteiger partial charge >= 0.3 is 0 Å². The van der Waals surface area contributed by atoms with Crippen molar-refractivity contribution in [3.8, 4) is 0 Å². The van der Waals surface area contributed by atoms with E-state index in [1.807, 2.05) is 6.92 Å². The molecule has 0 aliphatic heterocycles. The lowest BCUT2D eigenvalue weighted by atomic mass is 10.1. The van der Waals surface area contributed by atoms with Crippen LogP contribution in [0.15, 0.2) is 28.2 Å². The second-order valence-electron chi connectivity index (χ2n) is 3.76. The second kappa shape index (κ2) is 5.25. The van der Waals surface area contributed by atoms with Gasteiger partial charge < -0.3 is 5.11 Å². The van der Waals surface area contributed by atoms with Gasteiger partial charge in [0.15, 0.2) is 0 Å². The molecule has 1 unspecified atom stereocenters. The lowest BCUT2D eigenvalue weighted by Crippen LogP contribution is -2.03. The summed E-state index contributed by atoms with van der Waals surface area (Å²) in [5, 5.41) is 10.0. The van der Waals surface area contributed by atoms with Crippen molar-refractivity contribution in [2.24, 2.45) is 0 Å². The van der Waals surface area contributed by atoms with Crippen LogP contribution in [0.3, 0.4) is 0 Å². The van der Waals surface area contributed by atoms with Gasteiger partial charge in [0, 0.05) is 10.9 Å². The minimum absolute atomic E-state index is 0.258. The van der Waals surface area contributed by atoms with Crippen LogP contribution in [0.5, 0.6) is 0 Å². The van der Waals surface area contributed by atoms with E-state index in [-0.39, 0.29) is 12.2 Å². The number of aliphatic hydroxyl groups excluding tert-OH is 1. The Bertz CT molecular complexity index is 529. The smallest absolute Gasteiger partial charge is 0.126 e. The molecule has 2 aromatic rings. The van der Waals surface area contributed by atoms with Gasteiger partial charge in [-0.3, -0.25) is 0 Å². The topological polar surface area (TPSA) is 33.1 Å². The van der Waals surface area contributed by atoms with Gasteiger partial charge in [0.25, 0.3) is 0 Å². The molecule has 1 atom stereocenters. The predicted octanol–water partition coefficient (Wildman–Crippen LogP) is 3.63. The summed E-state index contributed by atoms with van der Waals surface area (Å²) in [5.74, 6) is -0.297. The zero-order valence-electron chi connectivity index (χ0n) is 9.15. The number of benzene rings is 1. The first kappa shape index (κ1) is 12.7. The van der Waals surface area contributed by atoms with Crippen LogP contribution in [-0.2, 0) is 6.42 Å². The molecule has 0 aliphatic carbocycles. The number of halogens is 2. The van der Waals surface area contributed by atoms with E-state index in [0.717, 1.165) is 15.0 Å². The summed E-state index contributed by atoms with van der Waals surface area (Å²) in [7, 11) is 0. The first-order valence-electron chi connectivity index (χ1n) is 5.10. The highest BCUT2D eigenvalue weighted by Gasteiger charge is 2.15. The zero-order valence-corrected chi connectivity index (χ0v) is 11.6. The lowest BCUT2D eigenvalue weighted by molar-refractivity contribution is 0.180. The SMILES string of the molecule is Cc1ncsc1C(O)Cc1cc(Br)ccc1F. The molecule has 1 aromatic carbocycles. The van der Waals surface area contributed by atoms with Crippen LogP contribution in [0.1, 0.15) is 22.2 Å². The molecule has 5 heteroatoms. The molecule has 1 N–H and O–H groups in total. The molecule has 0 spiro atoms. The first-order valence-corrected chi connectivity index (χ1v) is 6.77. The molecule has 0 radical (unpaired) electrons. The van der Waals surface area contributed by atoms with Crippen LogP contribution in [0.2, 0.25) is 0 Å². The Morgan fingerprint density at radius 1 is 1.53 bits per heavy atom. The van der Waals surface area contributed by atoms with E-state index in [9.17, 15) is 9.50 Å². The summed E-state index contributed by atoms with van der Waals surface area (Å²) < 4.78 is 14.3. The molecule has 0 aliphatic rings. The highest BCUT2D eigenvalue weighted by atomic mass is 79.9. The number of nitrogens with zero attached hydrogens (tertiary/aromatic N) is 1. The summed E-state index contributed by atoms with van der Waals surface area (Å²) in [5.41, 5.74) is 2.99. The predicted molar refractivity (Wildman–Crippen MR) is 69.6 cm³/mol. The molecule has 0 saturated heterocycles. The first-order chi connectivity index (χ1) is 8.08. The normalized spacial score (nSPS) is 12.7. The number of rotatable bonds is 3. The summed E-state index contributed by atoms with van der Waals surface area (Å²) in [6.45, 7) is 1.84. The van der Waals surface area contributed by atoms with Crippen LogP contribution in [-0.4, -0.2) is 10.1 Å². The number of thiazole rings is 1. The standard InChI is InChI=1S/C12H11BrFNOS/c1-7-12(17-6-15-7)11(16)5-8-4-9(13)2-3-10(8)14/h2-4,6,11,16H,5H2,1H3. The molecular formula is C12H11BrFNOS. The largest absolute Gasteiger partial charge is 0.387 e. The number of aryl methyl sites for hydroxylation is 1. The molecule has 2 nitrogen and oxygen atoms in total. The Balaban J connectivity index is 2.21. The van der Waals surface area contributed by atoms with Gasteiger partial charge in [-0.05, 0) is 30.7 Å². The van der Waals surface area contributed by atoms with Crippen molar-refractivity contribution in [3.63, 3.8) is 0 Å². The Hall–Kier alpha value is -0.780. The molecule has 90 valence electrons. The Kier molecular flexibility index (Phi) is 3.91. The van der Waals surface area contributed by atoms with E-state index < -0.39 is 6.10 Å². The fourth-order valence-electron chi connectivity index (χ4n) is 1.63. The average molecular weight is 316 g/mol. The Morgan fingerprint density at radius 2 is 2.29 bits per heavy atom. The number of aliphatic hydroxyl groups is 1. The minimum Gasteiger partial charge on any atom is -0.387 e. The van der Waals surface area contributed by atoms with Crippen LogP contribution >= 0.6 is 27.3 Å². The summed E-state index contributed by atoms with van der Waals surface area (Å²) in [6.07, 6.45) is -0.444. The van der Waals surface area contributed by atoms with Gasteiger partial charge in [-0.2, -0.15) is 0 Å². The highest BCUT2D eigenvalue weighted by Crippen LogP contribution is 2.26. The van der Waals surface area contributed by atoms with E-state index in [4.69, 9.17) is 0 Å². The van der Waals surface area contributed by atoms with Gasteiger partial charge in [-0.15, -0.1) is 11.3 Å². The Morgan fingerprint density at radius 3 is 2.94 bits per heavy atom. The van der Waals surface area contributed by atoms with Crippen molar-refractivity contribution in [3.05, 3.63) is 50.1 Å². The quantitative estimate of drug-likeness (QED) is 0.938. The molecule has 1 aromatic heterocycles. The van der Waals surface area contributed by atoms with Crippen molar-refractivity contribution in [2.75, 3.05) is 0 Å². The number of hydrogen-bond acceptors (Lipinski definition) is 3. The van der Waals surface area contributed by atoms with Crippen LogP contribution < -0.4 is 0 Å². The van der Waals surface area contributed by atoms with Gasteiger partial charge in [-0.25, -0.2) is 9.37 Å². The molecule has 0 bridgehead atoms. The maximum absolute atomic E-state index is 13.5. The van der Waals surface area contributed by atoms with Gasteiger partial charge in [-0.1, -0.05) is 15.9 Å². The van der Waals surface area contributed by atoms with E-state index in [1.54, 1.807) is 17.6 Å². The van der Waals surface area contributed by atoms with Crippen molar-refractivity contribution < 1.29 is 9.50 Å². The molecule has 0 amide bonds. The summed E-state index contributed by atoms with van der Waals surface area (Å²) in [4.78, 5) is 4.87. The third kappa shape index (κ3) is 2.91. The monoisotopic (exact) mass is 315 g/mol. The molecular weight excluding hydrogens is 305 g/mol. The van der Waals surface area contributed by atoms with E-state index in [0.29, 0.717) is 5.56 Å². The molecule has 2 rings (SSSR count). The van der Waals surface area contributed by atoms with Gasteiger partial charge in [0.2, 0.25) is 0 Å². The van der Waals surface area contributed by atoms with Crippen molar-refractivity contribution in [2.45, 2.75) is 19.4 Å². The van der Waals surface area contributed by atoms with Gasteiger partial charge in [0.05, 0.1) is 22.2 Å². The maximum atomic E-state index is 13.5. The summed E-state index contributed by atoms with van der Waals surface area (Å²) in [6, 6.07) is 4.73. The highest BCUT2D eigenvalue weighted by molar-refractivity contribution is 9.10. The fourth-order valence-corrected chi connectivity index (χ4v) is 2.83.